The molecule has 3 aromatic heterocycles. The van der Waals surface area contributed by atoms with Gasteiger partial charge in [-0.1, -0.05) is 30.3 Å². The number of urea groups is 1. The first-order chi connectivity index (χ1) is 15.5. The van der Waals surface area contributed by atoms with Crippen molar-refractivity contribution in [3.63, 3.8) is 0 Å². The van der Waals surface area contributed by atoms with Gasteiger partial charge in [0.15, 0.2) is 17.2 Å². The van der Waals surface area contributed by atoms with Crippen LogP contribution in [0.3, 0.4) is 0 Å². The molecule has 0 bridgehead atoms. The molecule has 2 unspecified atom stereocenters. The fourth-order valence-electron chi connectivity index (χ4n) is 4.59. The Morgan fingerprint density at radius 1 is 1.19 bits per heavy atom. The van der Waals surface area contributed by atoms with Crippen LogP contribution in [0.1, 0.15) is 43.0 Å². The number of H-pyrrole nitrogens is 1. The van der Waals surface area contributed by atoms with Gasteiger partial charge < -0.3 is 20.0 Å². The van der Waals surface area contributed by atoms with Gasteiger partial charge in [-0.2, -0.15) is 5.10 Å². The van der Waals surface area contributed by atoms with Gasteiger partial charge in [0.25, 0.3) is 0 Å². The molecule has 2 atom stereocenters. The smallest absolute Gasteiger partial charge is 0.318 e. The summed E-state index contributed by atoms with van der Waals surface area (Å²) in [5, 5.41) is 14.0. The van der Waals surface area contributed by atoms with E-state index in [0.717, 1.165) is 17.7 Å². The van der Waals surface area contributed by atoms with E-state index in [1.165, 1.54) is 11.9 Å². The number of nitrogens with zero attached hydrogens (tertiary/aromatic N) is 4. The predicted octanol–water partition coefficient (Wildman–Crippen LogP) is 4.01. The Hall–Kier alpha value is -3.88. The van der Waals surface area contributed by atoms with Crippen molar-refractivity contribution in [3.05, 3.63) is 65.8 Å². The van der Waals surface area contributed by atoms with Gasteiger partial charge in [-0.05, 0) is 25.8 Å². The lowest BCUT2D eigenvalue weighted by molar-refractivity contribution is 0.142. The van der Waals surface area contributed by atoms with Crippen LogP contribution in [0.25, 0.3) is 11.1 Å². The summed E-state index contributed by atoms with van der Waals surface area (Å²) in [4.78, 5) is 23.5. The standard InChI is InChI=1S/C23H23N7O2/c1-23(2)19-15(20(29-28-19)27-21-18-16(8-9-32-18)24-12-25-21)11-30(23)22(31)26-17-10-14(17)13-6-4-3-5-7-13/h3-9,12,14,17H,10-11H2,1-2H3,(H,26,31)(H2,24,25,27,28,29). The zero-order chi connectivity index (χ0) is 21.9. The number of aromatic nitrogens is 4. The number of benzene rings is 1. The summed E-state index contributed by atoms with van der Waals surface area (Å²) in [6.45, 7) is 4.50. The Bertz CT molecular complexity index is 1310. The van der Waals surface area contributed by atoms with Crippen LogP contribution >= 0.6 is 0 Å². The van der Waals surface area contributed by atoms with Crippen molar-refractivity contribution >= 4 is 28.8 Å². The highest BCUT2D eigenvalue weighted by Gasteiger charge is 2.46. The minimum Gasteiger partial charge on any atom is -0.459 e. The maximum atomic E-state index is 13.2. The van der Waals surface area contributed by atoms with Crippen molar-refractivity contribution < 1.29 is 9.21 Å². The number of carbonyl (C=O) groups is 1. The molecule has 2 amide bonds. The van der Waals surface area contributed by atoms with Gasteiger partial charge >= 0.3 is 6.03 Å². The molecule has 9 heteroatoms. The lowest BCUT2D eigenvalue weighted by Crippen LogP contribution is -2.47. The third-order valence-corrected chi connectivity index (χ3v) is 6.52. The molecular weight excluding hydrogens is 406 g/mol. The highest BCUT2D eigenvalue weighted by Crippen LogP contribution is 2.44. The maximum absolute atomic E-state index is 13.2. The molecule has 1 fully saturated rings. The van der Waals surface area contributed by atoms with Crippen LogP contribution < -0.4 is 10.6 Å². The van der Waals surface area contributed by atoms with Gasteiger partial charge in [-0.15, -0.1) is 0 Å². The van der Waals surface area contributed by atoms with Crippen LogP contribution in [0, 0.1) is 0 Å². The van der Waals surface area contributed by atoms with Crippen LogP contribution in [0.5, 0.6) is 0 Å². The van der Waals surface area contributed by atoms with Gasteiger partial charge in [0.05, 0.1) is 24.0 Å². The number of aromatic amines is 1. The van der Waals surface area contributed by atoms with Crippen molar-refractivity contribution in [2.75, 3.05) is 5.32 Å². The van der Waals surface area contributed by atoms with E-state index in [9.17, 15) is 4.79 Å². The van der Waals surface area contributed by atoms with E-state index in [1.54, 1.807) is 12.3 Å². The Labute approximate surface area is 184 Å². The van der Waals surface area contributed by atoms with Crippen LogP contribution in [0.15, 0.2) is 53.4 Å². The molecule has 32 heavy (non-hydrogen) atoms. The number of hydrogen-bond donors (Lipinski definition) is 3. The summed E-state index contributed by atoms with van der Waals surface area (Å²) >= 11 is 0. The summed E-state index contributed by atoms with van der Waals surface area (Å²) in [7, 11) is 0. The fraction of sp³-hybridized carbons (Fsp3) is 0.304. The predicted molar refractivity (Wildman–Crippen MR) is 118 cm³/mol. The second-order valence-corrected chi connectivity index (χ2v) is 8.86. The number of carbonyl (C=O) groups excluding carboxylic acids is 1. The maximum Gasteiger partial charge on any atom is 0.318 e. The summed E-state index contributed by atoms with van der Waals surface area (Å²) in [6, 6.07) is 12.2. The molecule has 162 valence electrons. The molecule has 2 aliphatic rings. The van der Waals surface area contributed by atoms with Crippen LogP contribution in [-0.4, -0.2) is 37.1 Å². The largest absolute Gasteiger partial charge is 0.459 e. The monoisotopic (exact) mass is 429 g/mol. The van der Waals surface area contributed by atoms with Gasteiger partial charge in [0, 0.05) is 23.6 Å². The molecule has 3 N–H and O–H groups in total. The summed E-state index contributed by atoms with van der Waals surface area (Å²) in [5.74, 6) is 1.56. The Kier molecular flexibility index (Phi) is 4.01. The van der Waals surface area contributed by atoms with Gasteiger partial charge in [0.2, 0.25) is 0 Å². The molecule has 6 rings (SSSR count). The third-order valence-electron chi connectivity index (χ3n) is 6.52. The van der Waals surface area contributed by atoms with Crippen molar-refractivity contribution in [1.82, 2.24) is 30.4 Å². The molecule has 1 aliphatic heterocycles. The summed E-state index contributed by atoms with van der Waals surface area (Å²) < 4.78 is 5.51. The molecule has 0 saturated heterocycles. The minimum absolute atomic E-state index is 0.0653. The number of rotatable bonds is 4. The lowest BCUT2D eigenvalue weighted by atomic mass is 10.0. The lowest BCUT2D eigenvalue weighted by Gasteiger charge is -2.32. The molecular formula is C23H23N7O2. The molecule has 1 saturated carbocycles. The van der Waals surface area contributed by atoms with Crippen molar-refractivity contribution in [2.45, 2.75) is 44.3 Å². The molecule has 1 aromatic carbocycles. The Balaban J connectivity index is 1.20. The Morgan fingerprint density at radius 2 is 2.03 bits per heavy atom. The van der Waals surface area contributed by atoms with E-state index in [-0.39, 0.29) is 12.1 Å². The minimum atomic E-state index is -0.519. The first-order valence-corrected chi connectivity index (χ1v) is 10.7. The van der Waals surface area contributed by atoms with E-state index in [1.807, 2.05) is 36.9 Å². The van der Waals surface area contributed by atoms with E-state index < -0.39 is 5.54 Å². The zero-order valence-corrected chi connectivity index (χ0v) is 17.8. The van der Waals surface area contributed by atoms with Gasteiger partial charge in [-0.25, -0.2) is 14.8 Å². The normalized spacial score (nSPS) is 20.9. The van der Waals surface area contributed by atoms with E-state index >= 15 is 0 Å². The SMILES string of the molecule is CC1(C)c2[nH]nc(Nc3ncnc4ccoc34)c2CN1C(=O)NC1CC1c1ccccc1. The summed E-state index contributed by atoms with van der Waals surface area (Å²) in [6.07, 6.45) is 4.03. The first kappa shape index (κ1) is 18.9. The molecule has 1 aliphatic carbocycles. The molecule has 0 spiro atoms. The number of nitrogens with one attached hydrogen (secondary N) is 3. The third kappa shape index (κ3) is 2.92. The van der Waals surface area contributed by atoms with E-state index in [2.05, 4.69) is 42.9 Å². The zero-order valence-electron chi connectivity index (χ0n) is 17.8. The van der Waals surface area contributed by atoms with Gasteiger partial charge in [0.1, 0.15) is 11.8 Å². The molecule has 4 heterocycles. The number of anilines is 2. The number of fused-ring (bicyclic) bond motifs is 2. The number of hydrogen-bond acceptors (Lipinski definition) is 6. The van der Waals surface area contributed by atoms with E-state index in [0.29, 0.717) is 35.2 Å². The van der Waals surface area contributed by atoms with Gasteiger partial charge in [-0.3, -0.25) is 5.10 Å². The first-order valence-electron chi connectivity index (χ1n) is 10.7. The average Bonchev–Trinajstić information content (AvgIpc) is 3.11. The molecule has 9 nitrogen and oxygen atoms in total. The fourth-order valence-corrected chi connectivity index (χ4v) is 4.59. The number of furan rings is 1. The van der Waals surface area contributed by atoms with Crippen molar-refractivity contribution in [3.8, 4) is 0 Å². The van der Waals surface area contributed by atoms with E-state index in [4.69, 9.17) is 4.42 Å². The second-order valence-electron chi connectivity index (χ2n) is 8.86. The molecule has 4 aromatic rings. The number of amides is 2. The second kappa shape index (κ2) is 6.81. The molecule has 0 radical (unpaired) electrons. The Morgan fingerprint density at radius 3 is 2.88 bits per heavy atom. The summed E-state index contributed by atoms with van der Waals surface area (Å²) in [5.41, 5.74) is 3.89. The van der Waals surface area contributed by atoms with Crippen LogP contribution in [-0.2, 0) is 12.1 Å². The topological polar surface area (TPSA) is 112 Å². The van der Waals surface area contributed by atoms with Crippen LogP contribution in [0.2, 0.25) is 0 Å². The quantitative estimate of drug-likeness (QED) is 0.452. The highest BCUT2D eigenvalue weighted by molar-refractivity contribution is 5.85. The van der Waals surface area contributed by atoms with Crippen LogP contribution in [0.4, 0.5) is 16.4 Å². The highest BCUT2D eigenvalue weighted by atomic mass is 16.3. The average molecular weight is 429 g/mol. The van der Waals surface area contributed by atoms with Crippen molar-refractivity contribution in [1.29, 1.82) is 0 Å². The van der Waals surface area contributed by atoms with Crippen molar-refractivity contribution in [2.24, 2.45) is 0 Å².